The van der Waals surface area contributed by atoms with Gasteiger partial charge in [-0.15, -0.1) is 0 Å². The minimum absolute atomic E-state index is 0.00315. The summed E-state index contributed by atoms with van der Waals surface area (Å²) in [5.41, 5.74) is 7.03. The summed E-state index contributed by atoms with van der Waals surface area (Å²) in [4.78, 5) is 10.0. The van der Waals surface area contributed by atoms with Gasteiger partial charge in [0.15, 0.2) is 0 Å². The maximum Gasteiger partial charge on any atom is 0.387 e. The predicted octanol–water partition coefficient (Wildman–Crippen LogP) is 12.0. The molecule has 0 fully saturated rings. The molecule has 6 aromatic carbocycles. The predicted molar refractivity (Wildman–Crippen MR) is 252 cm³/mol. The van der Waals surface area contributed by atoms with E-state index in [9.17, 15) is 36.2 Å². The van der Waals surface area contributed by atoms with E-state index in [1.807, 2.05) is 45.5 Å². The van der Waals surface area contributed by atoms with Gasteiger partial charge in [0, 0.05) is 56.3 Å². The first kappa shape index (κ1) is 47.1. The summed E-state index contributed by atoms with van der Waals surface area (Å²) in [6.07, 6.45) is 1.46. The third kappa shape index (κ3) is 9.28. The Kier molecular flexibility index (Phi) is 12.6. The quantitative estimate of drug-likeness (QED) is 0.0979. The summed E-state index contributed by atoms with van der Waals surface area (Å²) in [5.74, 6) is 0.874. The number of aliphatic hydroxyl groups is 2. The topological polar surface area (TPSA) is 176 Å². The molecule has 68 heavy (non-hydrogen) atoms. The molecule has 0 unspecified atom stereocenters. The lowest BCUT2D eigenvalue weighted by Gasteiger charge is -2.19. The van der Waals surface area contributed by atoms with Crippen molar-refractivity contribution in [2.75, 3.05) is 12.5 Å². The van der Waals surface area contributed by atoms with Gasteiger partial charge < -0.3 is 28.8 Å². The summed E-state index contributed by atoms with van der Waals surface area (Å²) in [6.45, 7) is -6.00. The Morgan fingerprint density at radius 3 is 1.26 bits per heavy atom. The maximum absolute atomic E-state index is 13.0. The van der Waals surface area contributed by atoms with E-state index < -0.39 is 57.0 Å². The largest absolute Gasteiger partial charge is 0.434 e. The highest BCUT2D eigenvalue weighted by Gasteiger charge is 2.37. The first-order chi connectivity index (χ1) is 32.2. The molecular weight excluding hydrogens is 968 g/mol. The van der Waals surface area contributed by atoms with Crippen LogP contribution in [0.1, 0.15) is 59.9 Å². The molecule has 4 N–H and O–H groups in total. The van der Waals surface area contributed by atoms with Crippen LogP contribution in [0.25, 0.3) is 44.3 Å². The van der Waals surface area contributed by atoms with Gasteiger partial charge in [-0.05, 0) is 107 Å². The summed E-state index contributed by atoms with van der Waals surface area (Å²) in [7, 11) is -5.63. The van der Waals surface area contributed by atoms with E-state index in [-0.39, 0.29) is 24.3 Å². The van der Waals surface area contributed by atoms with Crippen molar-refractivity contribution < 1.29 is 45.7 Å². The van der Waals surface area contributed by atoms with Crippen LogP contribution in [0.2, 0.25) is 10.0 Å². The van der Waals surface area contributed by atoms with Crippen LogP contribution in [0.4, 0.5) is 17.6 Å². The summed E-state index contributed by atoms with van der Waals surface area (Å²) >= 11 is 12.3. The van der Waals surface area contributed by atoms with Crippen molar-refractivity contribution in [3.05, 3.63) is 154 Å². The Balaban J connectivity index is 0.000000170. The van der Waals surface area contributed by atoms with Crippen molar-refractivity contribution in [1.82, 2.24) is 19.1 Å². The number of hydrogen-bond acceptors (Lipinski definition) is 10. The van der Waals surface area contributed by atoms with Crippen molar-refractivity contribution in [1.29, 1.82) is 9.56 Å². The van der Waals surface area contributed by atoms with E-state index in [0.717, 1.165) is 33.3 Å². The molecular formula is C48H40Cl2F4N6O6S2. The first-order valence-electron chi connectivity index (χ1n) is 20.8. The molecule has 0 bridgehead atoms. The molecule has 0 radical (unpaired) electrons. The van der Waals surface area contributed by atoms with Gasteiger partial charge in [0.25, 0.3) is 0 Å². The van der Waals surface area contributed by atoms with Gasteiger partial charge in [-0.2, -0.15) is 17.6 Å². The van der Waals surface area contributed by atoms with Gasteiger partial charge in [0.2, 0.25) is 0 Å². The number of hydrogen-bond donors (Lipinski definition) is 4. The number of nitrogens with one attached hydrogen (secondary N) is 2. The number of fused-ring (bicyclic) bond motifs is 6. The zero-order valence-electron chi connectivity index (χ0n) is 35.8. The van der Waals surface area contributed by atoms with Crippen LogP contribution in [0.5, 0.6) is 11.5 Å². The lowest BCUT2D eigenvalue weighted by atomic mass is 10.0. The number of aliphatic hydroxyl groups excluding tert-OH is 2. The molecule has 352 valence electrons. The second-order valence-electron chi connectivity index (χ2n) is 16.5. The van der Waals surface area contributed by atoms with Crippen LogP contribution in [0.3, 0.4) is 0 Å². The zero-order valence-corrected chi connectivity index (χ0v) is 39.0. The number of rotatable bonds is 10. The molecule has 12 nitrogen and oxygen atoms in total. The van der Waals surface area contributed by atoms with Gasteiger partial charge in [-0.25, -0.2) is 27.9 Å². The lowest BCUT2D eigenvalue weighted by Crippen LogP contribution is -2.10. The number of alkyl halides is 4. The fraction of sp³-hybridized carbons (Fsp3) is 0.208. The fourth-order valence-electron chi connectivity index (χ4n) is 8.86. The van der Waals surface area contributed by atoms with Crippen LogP contribution < -0.4 is 9.47 Å². The smallest absolute Gasteiger partial charge is 0.387 e. The van der Waals surface area contributed by atoms with Gasteiger partial charge in [0.1, 0.15) is 35.4 Å². The number of ether oxygens (including phenoxy) is 2. The molecule has 2 aliphatic rings. The van der Waals surface area contributed by atoms with E-state index in [0.29, 0.717) is 53.6 Å². The molecule has 4 heterocycles. The molecule has 0 saturated carbocycles. The Morgan fingerprint density at radius 1 is 0.574 bits per heavy atom. The molecule has 2 aliphatic heterocycles. The molecule has 20 heteroatoms. The van der Waals surface area contributed by atoms with Crippen LogP contribution in [-0.4, -0.2) is 63.5 Å². The summed E-state index contributed by atoms with van der Waals surface area (Å²) < 4.78 is 105. The van der Waals surface area contributed by atoms with Crippen molar-refractivity contribution in [3.63, 3.8) is 0 Å². The molecule has 0 amide bonds. The Morgan fingerprint density at radius 2 is 0.926 bits per heavy atom. The average Bonchev–Trinajstić information content (AvgIpc) is 4.04. The molecule has 0 saturated heterocycles. The lowest BCUT2D eigenvalue weighted by molar-refractivity contribution is -0.0514. The van der Waals surface area contributed by atoms with Crippen molar-refractivity contribution in [3.8, 4) is 33.8 Å². The van der Waals surface area contributed by atoms with E-state index in [4.69, 9.17) is 42.2 Å². The second kappa shape index (κ2) is 18.1. The molecule has 0 aliphatic carbocycles. The van der Waals surface area contributed by atoms with Crippen molar-refractivity contribution >= 4 is 64.7 Å². The number of benzene rings is 6. The van der Waals surface area contributed by atoms with Gasteiger partial charge in [0.05, 0.1) is 53.6 Å². The Hall–Kier alpha value is -6.02. The van der Waals surface area contributed by atoms with E-state index in [2.05, 4.69) is 9.97 Å². The maximum atomic E-state index is 13.0. The minimum Gasteiger partial charge on any atom is -0.434 e. The third-order valence-electron chi connectivity index (χ3n) is 11.9. The van der Waals surface area contributed by atoms with Crippen LogP contribution in [0, 0.1) is 9.56 Å². The first-order valence-corrected chi connectivity index (χ1v) is 25.5. The highest BCUT2D eigenvalue weighted by atomic mass is 35.5. The summed E-state index contributed by atoms with van der Waals surface area (Å²) in [5, 5.41) is 22.1. The molecule has 10 rings (SSSR count). The Labute approximate surface area is 397 Å². The average molecular weight is 1010 g/mol. The van der Waals surface area contributed by atoms with Crippen LogP contribution >= 0.6 is 23.2 Å². The highest BCUT2D eigenvalue weighted by Crippen LogP contribution is 2.47. The van der Waals surface area contributed by atoms with Gasteiger partial charge in [-0.1, -0.05) is 59.6 Å². The van der Waals surface area contributed by atoms with Gasteiger partial charge in [-0.3, -0.25) is 0 Å². The molecule has 2 aromatic heterocycles. The van der Waals surface area contributed by atoms with Crippen LogP contribution in [-0.2, 0) is 19.5 Å². The summed E-state index contributed by atoms with van der Waals surface area (Å²) in [6, 6.07) is 33.0. The second-order valence-corrected chi connectivity index (χ2v) is 21.7. The van der Waals surface area contributed by atoms with Crippen molar-refractivity contribution in [2.45, 2.75) is 60.1 Å². The monoisotopic (exact) mass is 1010 g/mol. The standard InChI is InChI=1S/2C24H20ClF2N3O3S/c2*1-34(28,32)16-6-2-13(3-7-16)14-4-8-18-20(10-14)30-19(12-21(31)23(30)29-18)17-11-15(25)5-9-22(17)33-24(26)27/h2*2-11,19,21,24,28,31H,12H2,1H3/t19-,21-,34+;19-,21-,34-/m11/s1. The number of aromatic nitrogens is 4. The zero-order chi connectivity index (χ0) is 48.4. The molecule has 0 spiro atoms. The van der Waals surface area contributed by atoms with E-state index >= 15 is 0 Å². The molecule has 6 atom stereocenters. The minimum atomic E-state index is -3.00. The van der Waals surface area contributed by atoms with E-state index in [1.165, 1.54) is 36.8 Å². The number of imidazole rings is 2. The SMILES string of the molecule is C[S@@](=N)(=O)c1ccc(-c2ccc3nc4n(c3c2)[C@@H](c2cc(Cl)ccc2OC(F)F)C[C@H]4O)cc1.C[S@](=N)(=O)c1ccc(-c2ccc3nc4n(c3c2)[C@@H](c2cc(Cl)ccc2OC(F)F)C[C@H]4O)cc1. The normalized spacial score (nSPS) is 19.4. The number of nitrogens with zero attached hydrogens (tertiary/aromatic N) is 4. The van der Waals surface area contributed by atoms with Gasteiger partial charge >= 0.3 is 13.2 Å². The van der Waals surface area contributed by atoms with Crippen LogP contribution in [0.15, 0.2) is 131 Å². The Bertz CT molecular complexity index is 3240. The molecule has 8 aromatic rings. The van der Waals surface area contributed by atoms with Crippen molar-refractivity contribution in [2.24, 2.45) is 0 Å². The van der Waals surface area contributed by atoms with E-state index in [1.54, 1.807) is 60.7 Å². The fourth-order valence-corrected chi connectivity index (χ4v) is 10.5. The third-order valence-corrected chi connectivity index (χ3v) is 14.7. The number of halogens is 6. The highest BCUT2D eigenvalue weighted by molar-refractivity contribution is 7.92.